The van der Waals surface area contributed by atoms with Gasteiger partial charge in [-0.3, -0.25) is 10.1 Å². The van der Waals surface area contributed by atoms with Gasteiger partial charge in [0.25, 0.3) is 5.91 Å². The Morgan fingerprint density at radius 3 is 2.86 bits per heavy atom. The molecule has 2 aromatic carbocycles. The van der Waals surface area contributed by atoms with Crippen molar-refractivity contribution in [3.8, 4) is 5.75 Å². The van der Waals surface area contributed by atoms with Crippen LogP contribution in [0.1, 0.15) is 21.7 Å². The summed E-state index contributed by atoms with van der Waals surface area (Å²) in [4.78, 5) is 18.3. The molecule has 3 aromatic rings. The summed E-state index contributed by atoms with van der Waals surface area (Å²) in [6.45, 7) is 1.93. The van der Waals surface area contributed by atoms with Crippen LogP contribution in [-0.2, 0) is 11.2 Å². The molecule has 0 saturated carbocycles. The van der Waals surface area contributed by atoms with Crippen LogP contribution in [0.15, 0.2) is 60.4 Å². The van der Waals surface area contributed by atoms with E-state index in [1.54, 1.807) is 30.4 Å². The molecule has 1 aliphatic rings. The summed E-state index contributed by atoms with van der Waals surface area (Å²) in [7, 11) is 0. The zero-order chi connectivity index (χ0) is 20.4. The first-order valence-corrected chi connectivity index (χ1v) is 10.4. The lowest BCUT2D eigenvalue weighted by Crippen LogP contribution is -2.12. The van der Waals surface area contributed by atoms with Gasteiger partial charge in [0.05, 0.1) is 12.0 Å². The number of carbonyl (C=O) groups is 1. The number of nitrogens with zero attached hydrogens (tertiary/aromatic N) is 1. The molecule has 2 heterocycles. The second-order valence-electron chi connectivity index (χ2n) is 6.45. The van der Waals surface area contributed by atoms with Gasteiger partial charge in [0.2, 0.25) is 0 Å². The minimum absolute atomic E-state index is 0.268. The number of nitrogens with one attached hydrogen (secondary N) is 1. The maximum Gasteiger partial charge on any atom is 0.257 e. The van der Waals surface area contributed by atoms with Gasteiger partial charge in [-0.2, -0.15) is 0 Å². The standard InChI is InChI=1S/C22H16Cl2N2O2S/c1-13-20(12-14-4-2-3-5-18(14)24)29-22(25-13)26-21(27)15-8-9-28-19-7-6-17(23)11-16(19)10-15/h2-11H,12H2,1H3,(H,25,26,27). The molecule has 0 spiro atoms. The molecule has 0 unspecified atom stereocenters. The van der Waals surface area contributed by atoms with E-state index in [2.05, 4.69) is 10.3 Å². The van der Waals surface area contributed by atoms with Crippen LogP contribution in [-0.4, -0.2) is 10.9 Å². The summed E-state index contributed by atoms with van der Waals surface area (Å²) < 4.78 is 5.54. The molecule has 0 radical (unpaired) electrons. The summed E-state index contributed by atoms with van der Waals surface area (Å²) >= 11 is 13.8. The average Bonchev–Trinajstić information content (AvgIpc) is 2.89. The monoisotopic (exact) mass is 442 g/mol. The van der Waals surface area contributed by atoms with Crippen molar-refractivity contribution in [2.75, 3.05) is 5.32 Å². The quantitative estimate of drug-likeness (QED) is 0.517. The van der Waals surface area contributed by atoms with E-state index in [0.29, 0.717) is 27.9 Å². The highest BCUT2D eigenvalue weighted by Gasteiger charge is 2.16. The molecule has 7 heteroatoms. The first-order valence-electron chi connectivity index (χ1n) is 8.85. The number of aryl methyl sites for hydroxylation is 1. The topological polar surface area (TPSA) is 51.2 Å². The number of amides is 1. The Hall–Kier alpha value is -2.60. The number of thiazole rings is 1. The van der Waals surface area contributed by atoms with Crippen LogP contribution in [0.5, 0.6) is 5.75 Å². The number of rotatable bonds is 4. The Bertz CT molecular complexity index is 1150. The Balaban J connectivity index is 1.54. The summed E-state index contributed by atoms with van der Waals surface area (Å²) in [6.07, 6.45) is 5.52. The Kier molecular flexibility index (Phi) is 5.72. The minimum atomic E-state index is -0.268. The van der Waals surface area contributed by atoms with Crippen LogP contribution >= 0.6 is 34.5 Å². The van der Waals surface area contributed by atoms with E-state index in [4.69, 9.17) is 27.9 Å². The van der Waals surface area contributed by atoms with Crippen molar-refractivity contribution in [1.29, 1.82) is 0 Å². The van der Waals surface area contributed by atoms with Gasteiger partial charge >= 0.3 is 0 Å². The molecule has 1 aliphatic heterocycles. The SMILES string of the molecule is Cc1nc(NC(=O)C2=Cc3cc(Cl)ccc3OC=C2)sc1Cc1ccccc1Cl. The second-order valence-corrected chi connectivity index (χ2v) is 8.38. The minimum Gasteiger partial charge on any atom is -0.464 e. The number of hydrogen-bond donors (Lipinski definition) is 1. The largest absolute Gasteiger partial charge is 0.464 e. The van der Waals surface area contributed by atoms with Crippen molar-refractivity contribution < 1.29 is 9.53 Å². The smallest absolute Gasteiger partial charge is 0.257 e. The first kappa shape index (κ1) is 19.7. The Morgan fingerprint density at radius 1 is 1.21 bits per heavy atom. The first-order chi connectivity index (χ1) is 14.0. The van der Waals surface area contributed by atoms with Gasteiger partial charge in [-0.25, -0.2) is 4.98 Å². The number of aromatic nitrogens is 1. The second kappa shape index (κ2) is 8.41. The molecule has 0 saturated heterocycles. The lowest BCUT2D eigenvalue weighted by atomic mass is 10.1. The van der Waals surface area contributed by atoms with Gasteiger partial charge in [-0.05, 0) is 48.9 Å². The highest BCUT2D eigenvalue weighted by Crippen LogP contribution is 2.30. The Labute approximate surface area is 182 Å². The number of ether oxygens (including phenoxy) is 1. The molecule has 0 fully saturated rings. The molecule has 29 heavy (non-hydrogen) atoms. The molecule has 4 nitrogen and oxygen atoms in total. The fraction of sp³-hybridized carbons (Fsp3) is 0.0909. The average molecular weight is 443 g/mol. The summed E-state index contributed by atoms with van der Waals surface area (Å²) in [5.41, 5.74) is 3.09. The fourth-order valence-corrected chi connectivity index (χ4v) is 4.27. The van der Waals surface area contributed by atoms with Gasteiger partial charge < -0.3 is 4.74 Å². The van der Waals surface area contributed by atoms with Gasteiger partial charge in [-0.1, -0.05) is 41.4 Å². The normalized spacial score (nSPS) is 12.6. The van der Waals surface area contributed by atoms with Crippen LogP contribution in [0.4, 0.5) is 5.13 Å². The van der Waals surface area contributed by atoms with Gasteiger partial charge in [0, 0.05) is 32.5 Å². The highest BCUT2D eigenvalue weighted by molar-refractivity contribution is 7.15. The van der Waals surface area contributed by atoms with Crippen LogP contribution in [0.2, 0.25) is 10.0 Å². The van der Waals surface area contributed by atoms with E-state index in [9.17, 15) is 4.79 Å². The zero-order valence-electron chi connectivity index (χ0n) is 15.4. The fourth-order valence-electron chi connectivity index (χ4n) is 2.91. The molecular weight excluding hydrogens is 427 g/mol. The van der Waals surface area contributed by atoms with Gasteiger partial charge in [-0.15, -0.1) is 11.3 Å². The molecule has 146 valence electrons. The zero-order valence-corrected chi connectivity index (χ0v) is 17.7. The van der Waals surface area contributed by atoms with Crippen LogP contribution < -0.4 is 10.1 Å². The molecule has 4 rings (SSSR count). The van der Waals surface area contributed by atoms with Crippen LogP contribution in [0, 0.1) is 6.92 Å². The summed E-state index contributed by atoms with van der Waals surface area (Å²) in [5, 5.41) is 4.71. The summed E-state index contributed by atoms with van der Waals surface area (Å²) in [6, 6.07) is 13.0. The van der Waals surface area contributed by atoms with E-state index in [1.807, 2.05) is 31.2 Å². The predicted octanol–water partition coefficient (Wildman–Crippen LogP) is 6.28. The number of hydrogen-bond acceptors (Lipinski definition) is 4. The van der Waals surface area contributed by atoms with Gasteiger partial charge in [0.1, 0.15) is 5.75 Å². The van der Waals surface area contributed by atoms with E-state index < -0.39 is 0 Å². The molecule has 1 aromatic heterocycles. The molecule has 1 N–H and O–H groups in total. The molecule has 0 atom stereocenters. The van der Waals surface area contributed by atoms with Crippen LogP contribution in [0.25, 0.3) is 6.08 Å². The third-order valence-electron chi connectivity index (χ3n) is 4.41. The Morgan fingerprint density at radius 2 is 2.03 bits per heavy atom. The van der Waals surface area contributed by atoms with Crippen LogP contribution in [0.3, 0.4) is 0 Å². The highest BCUT2D eigenvalue weighted by atomic mass is 35.5. The number of fused-ring (bicyclic) bond motifs is 1. The lowest BCUT2D eigenvalue weighted by Gasteiger charge is -2.04. The van der Waals surface area contributed by atoms with Crippen molar-refractivity contribution >= 4 is 51.7 Å². The number of carbonyl (C=O) groups excluding carboxylic acids is 1. The van der Waals surface area contributed by atoms with E-state index in [1.165, 1.54) is 17.6 Å². The number of halogens is 2. The van der Waals surface area contributed by atoms with Gasteiger partial charge in [0.15, 0.2) is 5.13 Å². The molecular formula is C22H16Cl2N2O2S. The molecule has 0 aliphatic carbocycles. The lowest BCUT2D eigenvalue weighted by molar-refractivity contribution is -0.112. The summed E-state index contributed by atoms with van der Waals surface area (Å²) in [5.74, 6) is 0.372. The van der Waals surface area contributed by atoms with Crippen molar-refractivity contribution in [1.82, 2.24) is 4.98 Å². The van der Waals surface area contributed by atoms with E-state index in [-0.39, 0.29) is 5.91 Å². The third kappa shape index (κ3) is 4.53. The maximum absolute atomic E-state index is 12.8. The predicted molar refractivity (Wildman–Crippen MR) is 119 cm³/mol. The number of benzene rings is 2. The molecule has 0 bridgehead atoms. The van der Waals surface area contributed by atoms with Crippen molar-refractivity contribution in [3.05, 3.63) is 92.1 Å². The van der Waals surface area contributed by atoms with Crippen molar-refractivity contribution in [3.63, 3.8) is 0 Å². The third-order valence-corrected chi connectivity index (χ3v) is 6.09. The van der Waals surface area contributed by atoms with Crippen molar-refractivity contribution in [2.24, 2.45) is 0 Å². The number of anilines is 1. The van der Waals surface area contributed by atoms with E-state index in [0.717, 1.165) is 26.7 Å². The molecule has 1 amide bonds. The van der Waals surface area contributed by atoms with Crippen molar-refractivity contribution in [2.45, 2.75) is 13.3 Å². The maximum atomic E-state index is 12.8. The van der Waals surface area contributed by atoms with E-state index >= 15 is 0 Å².